The van der Waals surface area contributed by atoms with Crippen LogP contribution in [0.4, 0.5) is 5.95 Å². The highest BCUT2D eigenvalue weighted by Crippen LogP contribution is 2.38. The molecule has 2 saturated heterocycles. The number of nitrogens with one attached hydrogen (secondary N) is 1. The number of nitrogens with zero attached hydrogens (tertiary/aromatic N) is 4. The summed E-state index contributed by atoms with van der Waals surface area (Å²) >= 11 is 3.52. The molecule has 1 N–H and O–H groups in total. The molecule has 3 heterocycles. The molecule has 0 radical (unpaired) electrons. The Balaban J connectivity index is 1.28. The number of rotatable bonds is 6. The van der Waals surface area contributed by atoms with Gasteiger partial charge in [-0.25, -0.2) is 4.98 Å². The molecule has 0 spiro atoms. The first kappa shape index (κ1) is 22.8. The summed E-state index contributed by atoms with van der Waals surface area (Å²) < 4.78 is 6.88. The standard InChI is InChI=1S/C27H28BrN5O/c1-17-10-20(14-29)11-18(2)25(17)34-26-24(28)15-30-27(32-26)31-21-12-22-8-9-23(13-21)33(22)16-19-6-4-3-5-7-19/h3-7,10-11,15,21-23H,8-9,12-13,16H2,1-2H3,(H,30,31,32). The van der Waals surface area contributed by atoms with Crippen molar-refractivity contribution in [2.75, 3.05) is 5.32 Å². The SMILES string of the molecule is Cc1cc(C#N)cc(C)c1Oc1nc(NC2CC3CCC(C2)N3Cc2ccccc2)ncc1Br. The first-order valence-corrected chi connectivity index (χ1v) is 12.6. The van der Waals surface area contributed by atoms with Crippen LogP contribution in [0.25, 0.3) is 0 Å². The van der Waals surface area contributed by atoms with Gasteiger partial charge in [-0.2, -0.15) is 10.2 Å². The van der Waals surface area contributed by atoms with E-state index in [1.165, 1.54) is 18.4 Å². The number of benzene rings is 2. The van der Waals surface area contributed by atoms with Crippen LogP contribution in [0.5, 0.6) is 11.6 Å². The van der Waals surface area contributed by atoms with Crippen LogP contribution in [-0.4, -0.2) is 33.0 Å². The topological polar surface area (TPSA) is 74.1 Å². The van der Waals surface area contributed by atoms with Crippen LogP contribution in [0.2, 0.25) is 0 Å². The first-order chi connectivity index (χ1) is 16.5. The van der Waals surface area contributed by atoms with Crippen molar-refractivity contribution in [1.29, 1.82) is 5.26 Å². The molecule has 6 nitrogen and oxygen atoms in total. The van der Waals surface area contributed by atoms with Gasteiger partial charge in [-0.15, -0.1) is 0 Å². The van der Waals surface area contributed by atoms with Gasteiger partial charge in [-0.3, -0.25) is 4.90 Å². The Morgan fingerprint density at radius 2 is 1.79 bits per heavy atom. The minimum absolute atomic E-state index is 0.344. The van der Waals surface area contributed by atoms with E-state index in [0.29, 0.717) is 40.0 Å². The van der Waals surface area contributed by atoms with Gasteiger partial charge in [0.15, 0.2) is 0 Å². The van der Waals surface area contributed by atoms with Crippen molar-refractivity contribution >= 4 is 21.9 Å². The summed E-state index contributed by atoms with van der Waals surface area (Å²) in [4.78, 5) is 11.9. The number of aryl methyl sites for hydroxylation is 2. The van der Waals surface area contributed by atoms with Crippen LogP contribution in [0.15, 0.2) is 53.1 Å². The number of fused-ring (bicyclic) bond motifs is 2. The molecular formula is C27H28BrN5O. The fourth-order valence-electron chi connectivity index (χ4n) is 5.39. The van der Waals surface area contributed by atoms with E-state index in [-0.39, 0.29) is 0 Å². The number of halogens is 1. The smallest absolute Gasteiger partial charge is 0.238 e. The van der Waals surface area contributed by atoms with Crippen LogP contribution in [-0.2, 0) is 6.54 Å². The third-order valence-electron chi connectivity index (χ3n) is 6.93. The molecule has 2 atom stereocenters. The third-order valence-corrected chi connectivity index (χ3v) is 7.47. The summed E-state index contributed by atoms with van der Waals surface area (Å²) in [5.74, 6) is 1.78. The maximum absolute atomic E-state index is 9.21. The molecule has 2 aromatic carbocycles. The lowest BCUT2D eigenvalue weighted by Gasteiger charge is -2.39. The number of ether oxygens (including phenoxy) is 1. The normalized spacial score (nSPS) is 21.8. The van der Waals surface area contributed by atoms with Crippen molar-refractivity contribution in [3.05, 3.63) is 75.4 Å². The number of hydrogen-bond donors (Lipinski definition) is 1. The average Bonchev–Trinajstić information content (AvgIpc) is 3.06. The summed E-state index contributed by atoms with van der Waals surface area (Å²) in [5, 5.41) is 12.8. The summed E-state index contributed by atoms with van der Waals surface area (Å²) in [7, 11) is 0. The molecule has 174 valence electrons. The van der Waals surface area contributed by atoms with E-state index >= 15 is 0 Å². The Labute approximate surface area is 209 Å². The summed E-state index contributed by atoms with van der Waals surface area (Å²) in [6.45, 7) is 4.91. The predicted octanol–water partition coefficient (Wildman–Crippen LogP) is 6.13. The van der Waals surface area contributed by atoms with E-state index in [9.17, 15) is 5.26 Å². The van der Waals surface area contributed by atoms with Crippen LogP contribution in [0.3, 0.4) is 0 Å². The second-order valence-electron chi connectivity index (χ2n) is 9.36. The quantitative estimate of drug-likeness (QED) is 0.424. The van der Waals surface area contributed by atoms with Crippen molar-refractivity contribution < 1.29 is 4.74 Å². The zero-order valence-electron chi connectivity index (χ0n) is 19.5. The van der Waals surface area contributed by atoms with Gasteiger partial charge in [0.25, 0.3) is 0 Å². The lowest BCUT2D eigenvalue weighted by Crippen LogP contribution is -2.46. The second kappa shape index (κ2) is 9.73. The van der Waals surface area contributed by atoms with Crippen molar-refractivity contribution in [2.45, 2.75) is 64.2 Å². The molecule has 5 rings (SSSR count). The molecule has 0 amide bonds. The summed E-state index contributed by atoms with van der Waals surface area (Å²) in [6.07, 6.45) is 6.42. The lowest BCUT2D eigenvalue weighted by molar-refractivity contribution is 0.124. The minimum Gasteiger partial charge on any atom is -0.437 e. The Morgan fingerprint density at radius 3 is 2.44 bits per heavy atom. The number of aromatic nitrogens is 2. The first-order valence-electron chi connectivity index (χ1n) is 11.8. The van der Waals surface area contributed by atoms with Crippen LogP contribution in [0, 0.1) is 25.2 Å². The van der Waals surface area contributed by atoms with E-state index in [2.05, 4.69) is 72.5 Å². The molecule has 2 bridgehead atoms. The highest BCUT2D eigenvalue weighted by Gasteiger charge is 2.40. The van der Waals surface area contributed by atoms with E-state index in [1.807, 2.05) is 26.0 Å². The van der Waals surface area contributed by atoms with Crippen molar-refractivity contribution in [2.24, 2.45) is 0 Å². The Hall–Kier alpha value is -2.95. The number of hydrogen-bond acceptors (Lipinski definition) is 6. The molecule has 2 unspecified atom stereocenters. The fraction of sp³-hybridized carbons (Fsp3) is 0.370. The Kier molecular flexibility index (Phi) is 6.53. The van der Waals surface area contributed by atoms with Crippen molar-refractivity contribution in [1.82, 2.24) is 14.9 Å². The molecule has 7 heteroatoms. The predicted molar refractivity (Wildman–Crippen MR) is 136 cm³/mol. The summed E-state index contributed by atoms with van der Waals surface area (Å²) in [6, 6.07) is 18.1. The Morgan fingerprint density at radius 1 is 1.12 bits per heavy atom. The molecule has 2 aliphatic heterocycles. The van der Waals surface area contributed by atoms with Crippen LogP contribution >= 0.6 is 15.9 Å². The van der Waals surface area contributed by atoms with Gasteiger partial charge < -0.3 is 10.1 Å². The van der Waals surface area contributed by atoms with E-state index in [4.69, 9.17) is 4.74 Å². The second-order valence-corrected chi connectivity index (χ2v) is 10.2. The van der Waals surface area contributed by atoms with Gasteiger partial charge in [-0.05, 0) is 84.3 Å². The molecule has 0 aliphatic carbocycles. The molecular weight excluding hydrogens is 490 g/mol. The average molecular weight is 518 g/mol. The number of nitriles is 1. The number of piperidine rings is 1. The van der Waals surface area contributed by atoms with Crippen molar-refractivity contribution in [3.63, 3.8) is 0 Å². The van der Waals surface area contributed by atoms with Gasteiger partial charge in [0.2, 0.25) is 11.8 Å². The molecule has 2 fully saturated rings. The lowest BCUT2D eigenvalue weighted by atomic mass is 9.96. The van der Waals surface area contributed by atoms with E-state index in [0.717, 1.165) is 36.3 Å². The molecule has 34 heavy (non-hydrogen) atoms. The molecule has 2 aliphatic rings. The Bertz CT molecular complexity index is 1190. The highest BCUT2D eigenvalue weighted by molar-refractivity contribution is 9.10. The van der Waals surface area contributed by atoms with Crippen LogP contribution < -0.4 is 10.1 Å². The van der Waals surface area contributed by atoms with E-state index in [1.54, 1.807) is 6.20 Å². The molecule has 0 saturated carbocycles. The highest BCUT2D eigenvalue weighted by atomic mass is 79.9. The minimum atomic E-state index is 0.344. The van der Waals surface area contributed by atoms with Gasteiger partial charge in [0, 0.05) is 24.7 Å². The third kappa shape index (κ3) is 4.79. The zero-order valence-corrected chi connectivity index (χ0v) is 21.0. The van der Waals surface area contributed by atoms with Gasteiger partial charge in [0.05, 0.1) is 22.3 Å². The van der Waals surface area contributed by atoms with Gasteiger partial charge >= 0.3 is 0 Å². The maximum atomic E-state index is 9.21. The largest absolute Gasteiger partial charge is 0.437 e. The van der Waals surface area contributed by atoms with Gasteiger partial charge in [-0.1, -0.05) is 30.3 Å². The monoisotopic (exact) mass is 517 g/mol. The van der Waals surface area contributed by atoms with Crippen LogP contribution in [0.1, 0.15) is 47.9 Å². The van der Waals surface area contributed by atoms with E-state index < -0.39 is 0 Å². The molecule has 1 aromatic heterocycles. The number of anilines is 1. The van der Waals surface area contributed by atoms with Gasteiger partial charge in [0.1, 0.15) is 5.75 Å². The maximum Gasteiger partial charge on any atom is 0.238 e. The summed E-state index contributed by atoms with van der Waals surface area (Å²) in [5.41, 5.74) is 3.81. The van der Waals surface area contributed by atoms with Crippen molar-refractivity contribution in [3.8, 4) is 17.7 Å². The zero-order chi connectivity index (χ0) is 23.7. The fourth-order valence-corrected chi connectivity index (χ4v) is 5.66. The molecule has 3 aromatic rings.